The number of rotatable bonds is 3. The normalized spacial score (nSPS) is 17.1. The van der Waals surface area contributed by atoms with Crippen molar-refractivity contribution in [3.63, 3.8) is 0 Å². The summed E-state index contributed by atoms with van der Waals surface area (Å²) in [6.45, 7) is 4.33. The first-order valence-corrected chi connectivity index (χ1v) is 8.15. The molecule has 112 valence electrons. The number of halogens is 3. The zero-order valence-electron chi connectivity index (χ0n) is 10.8. The Morgan fingerprint density at radius 3 is 2.40 bits per heavy atom. The van der Waals surface area contributed by atoms with Gasteiger partial charge in [-0.1, -0.05) is 17.7 Å². The molecule has 1 aliphatic heterocycles. The van der Waals surface area contributed by atoms with E-state index >= 15 is 0 Å². The molecular formula is C13H17Cl3N2S2. The van der Waals surface area contributed by atoms with Crippen LogP contribution >= 0.6 is 59.1 Å². The lowest BCUT2D eigenvalue weighted by atomic mass is 10.1. The zero-order valence-corrected chi connectivity index (χ0v) is 14.8. The second-order valence-corrected chi connectivity index (χ2v) is 7.07. The van der Waals surface area contributed by atoms with Gasteiger partial charge in [-0.15, -0.1) is 47.5 Å². The Labute approximate surface area is 145 Å². The van der Waals surface area contributed by atoms with Gasteiger partial charge in [-0.2, -0.15) is 0 Å². The van der Waals surface area contributed by atoms with Gasteiger partial charge in [-0.25, -0.2) is 0 Å². The van der Waals surface area contributed by atoms with Gasteiger partial charge in [0.25, 0.3) is 0 Å². The highest BCUT2D eigenvalue weighted by Crippen LogP contribution is 2.37. The summed E-state index contributed by atoms with van der Waals surface area (Å²) in [6.07, 6.45) is 0. The Morgan fingerprint density at radius 1 is 1.10 bits per heavy atom. The fraction of sp³-hybridized carbons (Fsp3) is 0.385. The minimum atomic E-state index is 0. The lowest BCUT2D eigenvalue weighted by molar-refractivity contribution is 0.203. The van der Waals surface area contributed by atoms with Gasteiger partial charge in [0, 0.05) is 35.9 Å². The predicted molar refractivity (Wildman–Crippen MR) is 94.4 cm³/mol. The van der Waals surface area contributed by atoms with Gasteiger partial charge in [-0.05, 0) is 23.6 Å². The molecule has 0 aliphatic carbocycles. The highest BCUT2D eigenvalue weighted by molar-refractivity contribution is 7.16. The van der Waals surface area contributed by atoms with Gasteiger partial charge in [0.2, 0.25) is 0 Å². The van der Waals surface area contributed by atoms with Crippen LogP contribution in [0.5, 0.6) is 0 Å². The first kappa shape index (κ1) is 18.2. The molecule has 0 spiro atoms. The number of nitrogens with one attached hydrogen (secondary N) is 1. The third-order valence-corrected chi connectivity index (χ3v) is 5.40. The van der Waals surface area contributed by atoms with Crippen molar-refractivity contribution in [2.75, 3.05) is 26.2 Å². The van der Waals surface area contributed by atoms with Crippen LogP contribution in [0.15, 0.2) is 29.6 Å². The van der Waals surface area contributed by atoms with Crippen molar-refractivity contribution in [1.82, 2.24) is 10.2 Å². The van der Waals surface area contributed by atoms with Gasteiger partial charge in [0.1, 0.15) is 0 Å². The molecule has 1 atom stereocenters. The number of thiophene rings is 2. The number of piperazine rings is 1. The van der Waals surface area contributed by atoms with Crippen molar-refractivity contribution < 1.29 is 0 Å². The highest BCUT2D eigenvalue weighted by Gasteiger charge is 2.25. The number of hydrogen-bond donors (Lipinski definition) is 1. The molecule has 1 N–H and O–H groups in total. The Bertz CT molecular complexity index is 495. The van der Waals surface area contributed by atoms with Gasteiger partial charge in [0.05, 0.1) is 10.4 Å². The molecule has 0 aromatic carbocycles. The van der Waals surface area contributed by atoms with Crippen LogP contribution in [0.1, 0.15) is 15.8 Å². The van der Waals surface area contributed by atoms with E-state index in [9.17, 15) is 0 Å². The minimum Gasteiger partial charge on any atom is -0.314 e. The van der Waals surface area contributed by atoms with Crippen LogP contribution in [0.3, 0.4) is 0 Å². The summed E-state index contributed by atoms with van der Waals surface area (Å²) in [5, 5.41) is 5.56. The van der Waals surface area contributed by atoms with Crippen LogP contribution in [0.25, 0.3) is 0 Å². The lowest BCUT2D eigenvalue weighted by Crippen LogP contribution is -2.45. The first-order valence-electron chi connectivity index (χ1n) is 6.08. The summed E-state index contributed by atoms with van der Waals surface area (Å²) in [6, 6.07) is 8.91. The van der Waals surface area contributed by atoms with E-state index < -0.39 is 0 Å². The van der Waals surface area contributed by atoms with Crippen LogP contribution < -0.4 is 5.32 Å². The fourth-order valence-electron chi connectivity index (χ4n) is 2.36. The smallest absolute Gasteiger partial charge is 0.0931 e. The van der Waals surface area contributed by atoms with Crippen molar-refractivity contribution in [1.29, 1.82) is 0 Å². The van der Waals surface area contributed by atoms with Crippen molar-refractivity contribution in [3.05, 3.63) is 43.7 Å². The SMILES string of the molecule is Cl.Cl.Clc1ccc([C@H](c2cccs2)N2CCNCC2)s1. The Balaban J connectivity index is 0.000001000. The largest absolute Gasteiger partial charge is 0.314 e. The second-order valence-electron chi connectivity index (χ2n) is 4.35. The van der Waals surface area contributed by atoms with Crippen molar-refractivity contribution in [3.8, 4) is 0 Å². The maximum absolute atomic E-state index is 6.10. The Kier molecular flexibility index (Phi) is 7.83. The molecule has 0 saturated carbocycles. The maximum atomic E-state index is 6.10. The molecule has 2 aromatic heterocycles. The quantitative estimate of drug-likeness (QED) is 0.865. The predicted octanol–water partition coefficient (Wildman–Crippen LogP) is 4.30. The third-order valence-electron chi connectivity index (χ3n) is 3.19. The Hall–Kier alpha value is 0.190. The summed E-state index contributed by atoms with van der Waals surface area (Å²) in [7, 11) is 0. The van der Waals surface area contributed by atoms with E-state index in [2.05, 4.69) is 33.8 Å². The Morgan fingerprint density at radius 2 is 1.85 bits per heavy atom. The van der Waals surface area contributed by atoms with Gasteiger partial charge in [-0.3, -0.25) is 4.90 Å². The summed E-state index contributed by atoms with van der Waals surface area (Å²) in [4.78, 5) is 5.31. The highest BCUT2D eigenvalue weighted by atomic mass is 35.5. The maximum Gasteiger partial charge on any atom is 0.0931 e. The molecule has 1 aliphatic rings. The standard InChI is InChI=1S/C13H15ClN2S2.2ClH/c14-12-4-3-11(18-12)13(10-2-1-9-17-10)16-7-5-15-6-8-16;;/h1-4,9,13,15H,5-8H2;2*1H/t13-;;/m0../s1. The molecule has 20 heavy (non-hydrogen) atoms. The molecule has 3 heterocycles. The van der Waals surface area contributed by atoms with Crippen LogP contribution in [0, 0.1) is 0 Å². The average molecular weight is 372 g/mol. The lowest BCUT2D eigenvalue weighted by Gasteiger charge is -2.33. The van der Waals surface area contributed by atoms with Crippen molar-refractivity contribution in [2.24, 2.45) is 0 Å². The molecule has 7 heteroatoms. The molecule has 3 rings (SSSR count). The van der Waals surface area contributed by atoms with E-state index in [-0.39, 0.29) is 24.8 Å². The fourth-order valence-corrected chi connectivity index (χ4v) is 4.53. The van der Waals surface area contributed by atoms with Crippen LogP contribution in [0.4, 0.5) is 0 Å². The molecule has 0 amide bonds. The summed E-state index contributed by atoms with van der Waals surface area (Å²) >= 11 is 9.62. The first-order chi connectivity index (χ1) is 8.84. The van der Waals surface area contributed by atoms with Crippen LogP contribution in [-0.4, -0.2) is 31.1 Å². The van der Waals surface area contributed by atoms with E-state index in [1.807, 2.05) is 17.4 Å². The summed E-state index contributed by atoms with van der Waals surface area (Å²) < 4.78 is 0.877. The molecular weight excluding hydrogens is 355 g/mol. The van der Waals surface area contributed by atoms with E-state index in [1.165, 1.54) is 9.75 Å². The minimum absolute atomic E-state index is 0. The van der Waals surface area contributed by atoms with Gasteiger partial charge in [0.15, 0.2) is 0 Å². The summed E-state index contributed by atoms with van der Waals surface area (Å²) in [5.74, 6) is 0. The van der Waals surface area contributed by atoms with E-state index in [1.54, 1.807) is 11.3 Å². The molecule has 2 aromatic rings. The van der Waals surface area contributed by atoms with Crippen LogP contribution in [0.2, 0.25) is 4.34 Å². The van der Waals surface area contributed by atoms with E-state index in [0.29, 0.717) is 6.04 Å². The molecule has 1 fully saturated rings. The van der Waals surface area contributed by atoms with Crippen LogP contribution in [-0.2, 0) is 0 Å². The zero-order chi connectivity index (χ0) is 12.4. The average Bonchev–Trinajstić information content (AvgIpc) is 3.04. The molecule has 0 bridgehead atoms. The van der Waals surface area contributed by atoms with E-state index in [4.69, 9.17) is 11.6 Å². The van der Waals surface area contributed by atoms with Gasteiger partial charge >= 0.3 is 0 Å². The molecule has 0 unspecified atom stereocenters. The third kappa shape index (κ3) is 4.10. The topological polar surface area (TPSA) is 15.3 Å². The molecule has 2 nitrogen and oxygen atoms in total. The summed E-state index contributed by atoms with van der Waals surface area (Å²) in [5.41, 5.74) is 0. The monoisotopic (exact) mass is 370 g/mol. The number of nitrogens with zero attached hydrogens (tertiary/aromatic N) is 1. The van der Waals surface area contributed by atoms with Gasteiger partial charge < -0.3 is 5.32 Å². The number of hydrogen-bond acceptors (Lipinski definition) is 4. The molecule has 0 radical (unpaired) electrons. The molecule has 1 saturated heterocycles. The van der Waals surface area contributed by atoms with Crippen molar-refractivity contribution in [2.45, 2.75) is 6.04 Å². The van der Waals surface area contributed by atoms with E-state index in [0.717, 1.165) is 30.5 Å². The second kappa shape index (κ2) is 8.59. The van der Waals surface area contributed by atoms with Crippen molar-refractivity contribution >= 4 is 59.1 Å².